The van der Waals surface area contributed by atoms with Crippen LogP contribution in [-0.4, -0.2) is 50.4 Å². The minimum absolute atomic E-state index is 0.634. The molecule has 1 heterocycles. The van der Waals surface area contributed by atoms with Crippen LogP contribution in [0, 0.1) is 5.92 Å². The molecule has 0 bridgehead atoms. The van der Waals surface area contributed by atoms with Crippen LogP contribution in [-0.2, 0) is 0 Å². The van der Waals surface area contributed by atoms with Crippen LogP contribution in [0.5, 0.6) is 11.5 Å². The maximum Gasteiger partial charge on any atom is 0.170 e. The van der Waals surface area contributed by atoms with Crippen molar-refractivity contribution in [3.05, 3.63) is 18.2 Å². The first-order valence-corrected chi connectivity index (χ1v) is 9.02. The Balaban J connectivity index is 1.69. The second-order valence-corrected chi connectivity index (χ2v) is 6.76. The lowest BCUT2D eigenvalue weighted by atomic mass is 10.0. The normalized spacial score (nSPS) is 18.0. The predicted molar refractivity (Wildman–Crippen MR) is 103 cm³/mol. The Bertz CT molecular complexity index is 539. The molecule has 1 aliphatic heterocycles. The lowest BCUT2D eigenvalue weighted by Crippen LogP contribution is -2.37. The van der Waals surface area contributed by atoms with E-state index in [0.29, 0.717) is 16.6 Å². The van der Waals surface area contributed by atoms with Crippen LogP contribution >= 0.6 is 12.2 Å². The van der Waals surface area contributed by atoms with Crippen LogP contribution in [0.4, 0.5) is 5.69 Å². The molecule has 134 valence electrons. The lowest BCUT2D eigenvalue weighted by molar-refractivity contribution is 0.182. The largest absolute Gasteiger partial charge is 0.493 e. The smallest absolute Gasteiger partial charge is 0.170 e. The Labute approximate surface area is 150 Å². The number of benzene rings is 1. The summed E-state index contributed by atoms with van der Waals surface area (Å²) in [5.41, 5.74) is 0.884. The minimum Gasteiger partial charge on any atom is -0.493 e. The van der Waals surface area contributed by atoms with E-state index in [2.05, 4.69) is 22.5 Å². The molecule has 1 saturated heterocycles. The summed E-state index contributed by atoms with van der Waals surface area (Å²) in [6, 6.07) is 5.66. The number of piperidine rings is 1. The molecule has 1 aromatic rings. The van der Waals surface area contributed by atoms with E-state index in [9.17, 15) is 0 Å². The topological polar surface area (TPSA) is 45.8 Å². The first kappa shape index (κ1) is 18.8. The Morgan fingerprint density at radius 2 is 2.08 bits per heavy atom. The van der Waals surface area contributed by atoms with Crippen molar-refractivity contribution < 1.29 is 9.47 Å². The summed E-state index contributed by atoms with van der Waals surface area (Å²) in [5, 5.41) is 7.09. The molecule has 0 unspecified atom stereocenters. The molecule has 0 aromatic heterocycles. The first-order valence-electron chi connectivity index (χ1n) is 8.61. The average Bonchev–Trinajstić information content (AvgIpc) is 2.58. The molecule has 0 radical (unpaired) electrons. The van der Waals surface area contributed by atoms with Gasteiger partial charge in [-0.25, -0.2) is 0 Å². The van der Waals surface area contributed by atoms with Gasteiger partial charge >= 0.3 is 0 Å². The molecule has 24 heavy (non-hydrogen) atoms. The van der Waals surface area contributed by atoms with Crippen LogP contribution in [0.3, 0.4) is 0 Å². The number of nitrogens with zero attached hydrogens (tertiary/aromatic N) is 1. The molecule has 0 spiro atoms. The summed E-state index contributed by atoms with van der Waals surface area (Å²) in [5.74, 6) is 2.22. The zero-order valence-corrected chi connectivity index (χ0v) is 15.7. The Morgan fingerprint density at radius 3 is 2.79 bits per heavy atom. The van der Waals surface area contributed by atoms with Crippen LogP contribution in [0.2, 0.25) is 0 Å². The van der Waals surface area contributed by atoms with Crippen LogP contribution < -0.4 is 20.1 Å². The Kier molecular flexibility index (Phi) is 7.59. The summed E-state index contributed by atoms with van der Waals surface area (Å²) in [6.07, 6.45) is 3.79. The molecule has 1 aromatic carbocycles. The van der Waals surface area contributed by atoms with Gasteiger partial charge in [0.1, 0.15) is 0 Å². The van der Waals surface area contributed by atoms with Gasteiger partial charge in [-0.2, -0.15) is 0 Å². The maximum absolute atomic E-state index is 5.36. The van der Waals surface area contributed by atoms with Gasteiger partial charge in [0.05, 0.1) is 14.2 Å². The zero-order valence-electron chi connectivity index (χ0n) is 14.9. The highest BCUT2D eigenvalue weighted by Crippen LogP contribution is 2.29. The Morgan fingerprint density at radius 1 is 1.29 bits per heavy atom. The van der Waals surface area contributed by atoms with Gasteiger partial charge < -0.3 is 25.0 Å². The highest BCUT2D eigenvalue weighted by atomic mass is 32.1. The van der Waals surface area contributed by atoms with Crippen molar-refractivity contribution in [2.75, 3.05) is 45.7 Å². The van der Waals surface area contributed by atoms with Gasteiger partial charge in [0.15, 0.2) is 16.6 Å². The first-order chi connectivity index (χ1) is 11.6. The van der Waals surface area contributed by atoms with Crippen molar-refractivity contribution in [1.82, 2.24) is 10.2 Å². The van der Waals surface area contributed by atoms with E-state index in [1.54, 1.807) is 14.2 Å². The standard InChI is InChI=1S/C18H29N3O2S/c1-14-6-4-10-21(13-14)11-5-9-19-18(24)20-15-7-8-16(22-2)17(12-15)23-3/h7-8,12,14H,4-6,9-11,13H2,1-3H3,(H2,19,20,24)/t14-/m0/s1. The summed E-state index contributed by atoms with van der Waals surface area (Å²) in [4.78, 5) is 2.56. The third-order valence-corrected chi connectivity index (χ3v) is 4.57. The molecule has 0 saturated carbocycles. The van der Waals surface area contributed by atoms with E-state index in [4.69, 9.17) is 21.7 Å². The number of likely N-dealkylation sites (tertiary alicyclic amines) is 1. The molecule has 1 fully saturated rings. The molecule has 0 amide bonds. The number of methoxy groups -OCH3 is 2. The fraction of sp³-hybridized carbons (Fsp3) is 0.611. The highest BCUT2D eigenvalue weighted by Gasteiger charge is 2.15. The minimum atomic E-state index is 0.634. The number of hydrogen-bond donors (Lipinski definition) is 2. The Hall–Kier alpha value is -1.53. The predicted octanol–water partition coefficient (Wildman–Crippen LogP) is 3.11. The van der Waals surface area contributed by atoms with Gasteiger partial charge in [-0.15, -0.1) is 0 Å². The van der Waals surface area contributed by atoms with Gasteiger partial charge in [-0.05, 0) is 62.6 Å². The second kappa shape index (κ2) is 9.69. The van der Waals surface area contributed by atoms with E-state index in [0.717, 1.165) is 31.1 Å². The van der Waals surface area contributed by atoms with E-state index in [-0.39, 0.29) is 0 Å². The second-order valence-electron chi connectivity index (χ2n) is 6.35. The molecule has 2 N–H and O–H groups in total. The maximum atomic E-state index is 5.36. The highest BCUT2D eigenvalue weighted by molar-refractivity contribution is 7.80. The number of ether oxygens (including phenoxy) is 2. The van der Waals surface area contributed by atoms with Gasteiger partial charge in [-0.1, -0.05) is 6.92 Å². The van der Waals surface area contributed by atoms with E-state index in [1.807, 2.05) is 18.2 Å². The average molecular weight is 352 g/mol. The number of nitrogens with one attached hydrogen (secondary N) is 2. The number of hydrogen-bond acceptors (Lipinski definition) is 4. The molecule has 0 aliphatic carbocycles. The van der Waals surface area contributed by atoms with E-state index in [1.165, 1.54) is 25.9 Å². The zero-order chi connectivity index (χ0) is 17.4. The number of thiocarbonyl (C=S) groups is 1. The van der Waals surface area contributed by atoms with Crippen molar-refractivity contribution in [2.45, 2.75) is 26.2 Å². The van der Waals surface area contributed by atoms with Gasteiger partial charge in [0, 0.05) is 24.8 Å². The third kappa shape index (κ3) is 5.83. The molecular formula is C18H29N3O2S. The van der Waals surface area contributed by atoms with Gasteiger partial charge in [0.25, 0.3) is 0 Å². The summed E-state index contributed by atoms with van der Waals surface area (Å²) in [7, 11) is 3.25. The quantitative estimate of drug-likeness (QED) is 0.581. The number of rotatable bonds is 7. The lowest BCUT2D eigenvalue weighted by Gasteiger charge is -2.30. The third-order valence-electron chi connectivity index (χ3n) is 4.32. The monoisotopic (exact) mass is 351 g/mol. The summed E-state index contributed by atoms with van der Waals surface area (Å²) < 4.78 is 10.5. The van der Waals surface area contributed by atoms with Gasteiger partial charge in [-0.3, -0.25) is 0 Å². The molecule has 6 heteroatoms. The van der Waals surface area contributed by atoms with Crippen molar-refractivity contribution in [2.24, 2.45) is 5.92 Å². The van der Waals surface area contributed by atoms with Crippen molar-refractivity contribution in [3.63, 3.8) is 0 Å². The van der Waals surface area contributed by atoms with Gasteiger partial charge in [0.2, 0.25) is 0 Å². The molecule has 1 aliphatic rings. The molecular weight excluding hydrogens is 322 g/mol. The summed E-state index contributed by atoms with van der Waals surface area (Å²) in [6.45, 7) is 6.82. The van der Waals surface area contributed by atoms with E-state index < -0.39 is 0 Å². The van der Waals surface area contributed by atoms with Crippen molar-refractivity contribution in [3.8, 4) is 11.5 Å². The number of anilines is 1. The van der Waals surface area contributed by atoms with Crippen LogP contribution in [0.25, 0.3) is 0 Å². The van der Waals surface area contributed by atoms with Crippen LogP contribution in [0.15, 0.2) is 18.2 Å². The van der Waals surface area contributed by atoms with Crippen LogP contribution in [0.1, 0.15) is 26.2 Å². The fourth-order valence-corrected chi connectivity index (χ4v) is 3.30. The molecule has 5 nitrogen and oxygen atoms in total. The van der Waals surface area contributed by atoms with E-state index >= 15 is 0 Å². The fourth-order valence-electron chi connectivity index (χ4n) is 3.08. The van der Waals surface area contributed by atoms with Crippen molar-refractivity contribution in [1.29, 1.82) is 0 Å². The van der Waals surface area contributed by atoms with Crippen molar-refractivity contribution >= 4 is 23.0 Å². The summed E-state index contributed by atoms with van der Waals surface area (Å²) >= 11 is 5.36. The molecule has 1 atom stereocenters. The molecule has 2 rings (SSSR count). The SMILES string of the molecule is COc1ccc(NC(=S)NCCCN2CCC[C@H](C)C2)cc1OC.